The summed E-state index contributed by atoms with van der Waals surface area (Å²) in [7, 11) is 0. The molecule has 0 aliphatic heterocycles. The Balaban J connectivity index is 2.69. The SMILES string of the molecule is CCCCSc1nc(N)c(N)c(N)n1. The molecule has 0 amide bonds. The lowest BCUT2D eigenvalue weighted by Gasteiger charge is -2.05. The van der Waals surface area contributed by atoms with E-state index in [2.05, 4.69) is 16.9 Å². The van der Waals surface area contributed by atoms with E-state index in [4.69, 9.17) is 17.2 Å². The highest BCUT2D eigenvalue weighted by atomic mass is 32.2. The van der Waals surface area contributed by atoms with Crippen LogP contribution in [0.15, 0.2) is 5.16 Å². The summed E-state index contributed by atoms with van der Waals surface area (Å²) >= 11 is 1.54. The number of hydrogen-bond acceptors (Lipinski definition) is 6. The second-order valence-corrected chi connectivity index (χ2v) is 3.95. The highest BCUT2D eigenvalue weighted by molar-refractivity contribution is 7.99. The van der Waals surface area contributed by atoms with Crippen LogP contribution in [0.5, 0.6) is 0 Å². The van der Waals surface area contributed by atoms with E-state index in [-0.39, 0.29) is 17.3 Å². The Hall–Kier alpha value is -1.17. The standard InChI is InChI=1S/C8H15N5S/c1-2-3-4-14-8-12-6(10)5(9)7(11)13-8/h2-4,9H2,1H3,(H4,10,11,12,13). The van der Waals surface area contributed by atoms with E-state index in [1.54, 1.807) is 11.8 Å². The molecule has 0 radical (unpaired) electrons. The summed E-state index contributed by atoms with van der Waals surface area (Å²) in [6.45, 7) is 2.13. The van der Waals surface area contributed by atoms with E-state index in [0.29, 0.717) is 5.16 Å². The van der Waals surface area contributed by atoms with Gasteiger partial charge in [-0.3, -0.25) is 0 Å². The zero-order valence-electron chi connectivity index (χ0n) is 8.16. The van der Waals surface area contributed by atoms with Gasteiger partial charge in [0, 0.05) is 5.75 Å². The second-order valence-electron chi connectivity index (χ2n) is 2.89. The van der Waals surface area contributed by atoms with Crippen LogP contribution >= 0.6 is 11.8 Å². The first-order valence-electron chi connectivity index (χ1n) is 4.46. The lowest BCUT2D eigenvalue weighted by molar-refractivity contribution is 0.890. The summed E-state index contributed by atoms with van der Waals surface area (Å²) in [4.78, 5) is 8.06. The first kappa shape index (κ1) is 10.9. The smallest absolute Gasteiger partial charge is 0.191 e. The quantitative estimate of drug-likeness (QED) is 0.393. The van der Waals surface area contributed by atoms with E-state index < -0.39 is 0 Å². The lowest BCUT2D eigenvalue weighted by atomic mass is 10.4. The Kier molecular flexibility index (Phi) is 3.82. The number of anilines is 3. The highest BCUT2D eigenvalue weighted by Gasteiger charge is 2.06. The van der Waals surface area contributed by atoms with Crippen molar-refractivity contribution in [3.8, 4) is 0 Å². The minimum atomic E-state index is 0.261. The van der Waals surface area contributed by atoms with Crippen molar-refractivity contribution in [2.24, 2.45) is 0 Å². The van der Waals surface area contributed by atoms with Gasteiger partial charge in [-0.1, -0.05) is 25.1 Å². The summed E-state index contributed by atoms with van der Waals surface area (Å²) in [6.07, 6.45) is 2.27. The molecule has 14 heavy (non-hydrogen) atoms. The Morgan fingerprint density at radius 3 is 2.21 bits per heavy atom. The topological polar surface area (TPSA) is 104 Å². The molecule has 0 unspecified atom stereocenters. The van der Waals surface area contributed by atoms with Crippen LogP contribution in [0, 0.1) is 0 Å². The monoisotopic (exact) mass is 213 g/mol. The Labute approximate surface area is 87.5 Å². The van der Waals surface area contributed by atoms with E-state index in [9.17, 15) is 0 Å². The lowest BCUT2D eigenvalue weighted by Crippen LogP contribution is -2.06. The molecule has 1 aromatic rings. The van der Waals surface area contributed by atoms with Crippen LogP contribution in [0.1, 0.15) is 19.8 Å². The number of nitrogens with two attached hydrogens (primary N) is 3. The van der Waals surface area contributed by atoms with Crippen LogP contribution in [0.25, 0.3) is 0 Å². The molecule has 5 nitrogen and oxygen atoms in total. The van der Waals surface area contributed by atoms with Gasteiger partial charge in [0.2, 0.25) is 0 Å². The third kappa shape index (κ3) is 2.66. The molecule has 78 valence electrons. The van der Waals surface area contributed by atoms with Gasteiger partial charge in [0.1, 0.15) is 5.69 Å². The van der Waals surface area contributed by atoms with Gasteiger partial charge in [0.05, 0.1) is 0 Å². The largest absolute Gasteiger partial charge is 0.393 e. The van der Waals surface area contributed by atoms with Crippen molar-refractivity contribution in [1.29, 1.82) is 0 Å². The minimum Gasteiger partial charge on any atom is -0.393 e. The summed E-state index contributed by atoms with van der Waals surface area (Å²) in [5.41, 5.74) is 16.9. The number of unbranched alkanes of at least 4 members (excludes halogenated alkanes) is 1. The minimum absolute atomic E-state index is 0.261. The number of aromatic nitrogens is 2. The molecule has 1 rings (SSSR count). The predicted octanol–water partition coefficient (Wildman–Crippen LogP) is 1.12. The van der Waals surface area contributed by atoms with Crippen molar-refractivity contribution < 1.29 is 0 Å². The molecule has 0 aromatic carbocycles. The molecule has 0 aliphatic carbocycles. The summed E-state index contributed by atoms with van der Waals surface area (Å²) in [5.74, 6) is 1.49. The molecule has 0 atom stereocenters. The van der Waals surface area contributed by atoms with Gasteiger partial charge in [-0.15, -0.1) is 0 Å². The Morgan fingerprint density at radius 2 is 1.71 bits per heavy atom. The van der Waals surface area contributed by atoms with Gasteiger partial charge in [0.25, 0.3) is 0 Å². The molecule has 0 bridgehead atoms. The Morgan fingerprint density at radius 1 is 1.14 bits per heavy atom. The van der Waals surface area contributed by atoms with E-state index >= 15 is 0 Å². The number of nitrogen functional groups attached to an aromatic ring is 3. The zero-order chi connectivity index (χ0) is 10.6. The third-order valence-corrected chi connectivity index (χ3v) is 2.65. The van der Waals surface area contributed by atoms with Crippen LogP contribution in [0.2, 0.25) is 0 Å². The molecular formula is C8H15N5S. The summed E-state index contributed by atoms with van der Waals surface area (Å²) in [5, 5.41) is 0.600. The van der Waals surface area contributed by atoms with Crippen molar-refractivity contribution >= 4 is 29.1 Å². The molecular weight excluding hydrogens is 198 g/mol. The van der Waals surface area contributed by atoms with Crippen LogP contribution in [0.4, 0.5) is 17.3 Å². The van der Waals surface area contributed by atoms with E-state index in [0.717, 1.165) is 18.6 Å². The van der Waals surface area contributed by atoms with Gasteiger partial charge in [-0.25, -0.2) is 9.97 Å². The fourth-order valence-electron chi connectivity index (χ4n) is 0.855. The number of rotatable bonds is 4. The van der Waals surface area contributed by atoms with Gasteiger partial charge >= 0.3 is 0 Å². The molecule has 6 heteroatoms. The van der Waals surface area contributed by atoms with Crippen LogP contribution in [-0.2, 0) is 0 Å². The average Bonchev–Trinajstić information content (AvgIpc) is 2.14. The zero-order valence-corrected chi connectivity index (χ0v) is 8.97. The van der Waals surface area contributed by atoms with E-state index in [1.165, 1.54) is 0 Å². The van der Waals surface area contributed by atoms with Crippen molar-refractivity contribution in [3.63, 3.8) is 0 Å². The van der Waals surface area contributed by atoms with Gasteiger partial charge in [-0.05, 0) is 6.42 Å². The number of nitrogens with zero attached hydrogens (tertiary/aromatic N) is 2. The molecule has 1 aromatic heterocycles. The highest BCUT2D eigenvalue weighted by Crippen LogP contribution is 2.23. The number of hydrogen-bond donors (Lipinski definition) is 3. The molecule has 0 spiro atoms. The normalized spacial score (nSPS) is 10.4. The maximum atomic E-state index is 5.56. The van der Waals surface area contributed by atoms with Gasteiger partial charge in [0.15, 0.2) is 16.8 Å². The summed E-state index contributed by atoms with van der Waals surface area (Å²) in [6, 6.07) is 0. The molecule has 0 saturated carbocycles. The average molecular weight is 213 g/mol. The van der Waals surface area contributed by atoms with Crippen LogP contribution in [-0.4, -0.2) is 15.7 Å². The van der Waals surface area contributed by atoms with Crippen molar-refractivity contribution in [2.75, 3.05) is 23.0 Å². The summed E-state index contributed by atoms with van der Waals surface area (Å²) < 4.78 is 0. The van der Waals surface area contributed by atoms with Crippen molar-refractivity contribution in [2.45, 2.75) is 24.9 Å². The van der Waals surface area contributed by atoms with Crippen molar-refractivity contribution in [1.82, 2.24) is 9.97 Å². The maximum Gasteiger partial charge on any atom is 0.191 e. The fourth-order valence-corrected chi connectivity index (χ4v) is 1.80. The number of thioether (sulfide) groups is 1. The predicted molar refractivity (Wildman–Crippen MR) is 60.9 cm³/mol. The first-order chi connectivity index (χ1) is 6.65. The maximum absolute atomic E-state index is 5.56. The van der Waals surface area contributed by atoms with Crippen molar-refractivity contribution in [3.05, 3.63) is 0 Å². The van der Waals surface area contributed by atoms with E-state index in [1.807, 2.05) is 0 Å². The second kappa shape index (κ2) is 4.90. The molecule has 0 saturated heterocycles. The fraction of sp³-hybridized carbons (Fsp3) is 0.500. The third-order valence-electron chi connectivity index (χ3n) is 1.71. The van der Waals surface area contributed by atoms with Crippen LogP contribution in [0.3, 0.4) is 0 Å². The first-order valence-corrected chi connectivity index (χ1v) is 5.45. The van der Waals surface area contributed by atoms with Gasteiger partial charge < -0.3 is 17.2 Å². The van der Waals surface area contributed by atoms with Crippen LogP contribution < -0.4 is 17.2 Å². The Bertz CT molecular complexity index is 292. The molecule has 0 aliphatic rings. The van der Waals surface area contributed by atoms with Gasteiger partial charge in [-0.2, -0.15) is 0 Å². The molecule has 0 fully saturated rings. The molecule has 6 N–H and O–H groups in total. The molecule has 1 heterocycles.